The van der Waals surface area contributed by atoms with E-state index in [0.29, 0.717) is 41.1 Å². The zero-order valence-electron chi connectivity index (χ0n) is 21.3. The third kappa shape index (κ3) is 5.68. The standard InChI is InChI=1S/C31H29N3O3/c1-4-7-29-28(18-22-10-12-23(13-11-22)27-9-6-5-8-25(27)19-32)31(36)34(21(2)33-29)20-30(35)24-14-16-26(37-3)17-15-24/h5-6,8-17H,4,7,18,20H2,1-3H3. The first-order valence-electron chi connectivity index (χ1n) is 12.3. The minimum Gasteiger partial charge on any atom is -0.497 e. The molecule has 6 nitrogen and oxygen atoms in total. The quantitative estimate of drug-likeness (QED) is 0.288. The van der Waals surface area contributed by atoms with E-state index >= 15 is 0 Å². The van der Waals surface area contributed by atoms with Gasteiger partial charge in [0.25, 0.3) is 5.56 Å². The SMILES string of the molecule is CCCc1nc(C)n(CC(=O)c2ccc(OC)cc2)c(=O)c1Cc1ccc(-c2ccccc2C#N)cc1. The molecule has 0 bridgehead atoms. The Kier molecular flexibility index (Phi) is 7.95. The predicted octanol–water partition coefficient (Wildman–Crippen LogP) is 5.53. The average molecular weight is 492 g/mol. The molecule has 0 aliphatic rings. The molecule has 0 saturated heterocycles. The highest BCUT2D eigenvalue weighted by atomic mass is 16.5. The molecule has 3 aromatic carbocycles. The molecule has 4 aromatic rings. The Balaban J connectivity index is 1.65. The van der Waals surface area contributed by atoms with E-state index in [9.17, 15) is 14.9 Å². The Labute approximate surface area is 216 Å². The second-order valence-corrected chi connectivity index (χ2v) is 8.91. The van der Waals surface area contributed by atoms with Gasteiger partial charge in [-0.05, 0) is 60.4 Å². The average Bonchev–Trinajstić information content (AvgIpc) is 2.93. The maximum atomic E-state index is 13.6. The number of methoxy groups -OCH3 is 1. The molecular weight excluding hydrogens is 462 g/mol. The zero-order chi connectivity index (χ0) is 26.4. The van der Waals surface area contributed by atoms with Crippen LogP contribution in [0.1, 0.15) is 51.9 Å². The molecule has 0 aliphatic carbocycles. The van der Waals surface area contributed by atoms with E-state index in [4.69, 9.17) is 9.72 Å². The predicted molar refractivity (Wildman–Crippen MR) is 144 cm³/mol. The molecule has 1 heterocycles. The van der Waals surface area contributed by atoms with Crippen molar-refractivity contribution < 1.29 is 9.53 Å². The highest BCUT2D eigenvalue weighted by molar-refractivity contribution is 5.96. The van der Waals surface area contributed by atoms with Crippen molar-refractivity contribution in [2.24, 2.45) is 0 Å². The van der Waals surface area contributed by atoms with Crippen LogP contribution in [-0.2, 0) is 19.4 Å². The molecule has 0 atom stereocenters. The Hall–Kier alpha value is -4.50. The molecule has 0 spiro atoms. The first-order chi connectivity index (χ1) is 17.9. The van der Waals surface area contributed by atoms with Gasteiger partial charge in [0.15, 0.2) is 5.78 Å². The van der Waals surface area contributed by atoms with Crippen molar-refractivity contribution >= 4 is 5.78 Å². The fourth-order valence-corrected chi connectivity index (χ4v) is 4.41. The second kappa shape index (κ2) is 11.5. The summed E-state index contributed by atoms with van der Waals surface area (Å²) in [5.41, 5.74) is 5.12. The third-order valence-corrected chi connectivity index (χ3v) is 6.43. The summed E-state index contributed by atoms with van der Waals surface area (Å²) < 4.78 is 6.64. The molecule has 0 N–H and O–H groups in total. The summed E-state index contributed by atoms with van der Waals surface area (Å²) in [4.78, 5) is 31.4. The van der Waals surface area contributed by atoms with Gasteiger partial charge in [-0.15, -0.1) is 0 Å². The number of carbonyl (C=O) groups is 1. The number of hydrogen-bond acceptors (Lipinski definition) is 5. The first kappa shape index (κ1) is 25.6. The van der Waals surface area contributed by atoms with Gasteiger partial charge < -0.3 is 4.74 Å². The summed E-state index contributed by atoms with van der Waals surface area (Å²) in [5, 5.41) is 9.42. The Morgan fingerprint density at radius 3 is 2.38 bits per heavy atom. The lowest BCUT2D eigenvalue weighted by atomic mass is 9.97. The van der Waals surface area contributed by atoms with Crippen molar-refractivity contribution in [3.8, 4) is 22.9 Å². The fraction of sp³-hybridized carbons (Fsp3) is 0.226. The number of carbonyl (C=O) groups excluding carboxylic acids is 1. The number of aromatic nitrogens is 2. The van der Waals surface area contributed by atoms with Crippen LogP contribution >= 0.6 is 0 Å². The van der Waals surface area contributed by atoms with E-state index in [1.54, 1.807) is 44.4 Å². The van der Waals surface area contributed by atoms with Crippen LogP contribution in [-0.4, -0.2) is 22.4 Å². The maximum absolute atomic E-state index is 13.6. The van der Waals surface area contributed by atoms with Gasteiger partial charge in [-0.1, -0.05) is 55.8 Å². The van der Waals surface area contributed by atoms with Crippen molar-refractivity contribution in [3.63, 3.8) is 0 Å². The lowest BCUT2D eigenvalue weighted by molar-refractivity contribution is 0.0969. The van der Waals surface area contributed by atoms with E-state index in [1.807, 2.05) is 42.5 Å². The van der Waals surface area contributed by atoms with Gasteiger partial charge in [0.05, 0.1) is 31.0 Å². The van der Waals surface area contributed by atoms with Crippen LogP contribution in [0.4, 0.5) is 0 Å². The van der Waals surface area contributed by atoms with E-state index < -0.39 is 0 Å². The van der Waals surface area contributed by atoms with Gasteiger partial charge in [0, 0.05) is 17.5 Å². The minimum absolute atomic E-state index is 0.0761. The van der Waals surface area contributed by atoms with Gasteiger partial charge in [-0.25, -0.2) is 4.98 Å². The molecule has 0 aliphatic heterocycles. The van der Waals surface area contributed by atoms with Crippen molar-refractivity contribution in [1.82, 2.24) is 9.55 Å². The number of hydrogen-bond donors (Lipinski definition) is 0. The lowest BCUT2D eigenvalue weighted by Gasteiger charge is -2.15. The summed E-state index contributed by atoms with van der Waals surface area (Å²) in [6.45, 7) is 3.75. The fourth-order valence-electron chi connectivity index (χ4n) is 4.41. The topological polar surface area (TPSA) is 85.0 Å². The van der Waals surface area contributed by atoms with Gasteiger partial charge in [-0.3, -0.25) is 14.2 Å². The van der Waals surface area contributed by atoms with Crippen molar-refractivity contribution in [2.45, 2.75) is 39.7 Å². The number of ether oxygens (including phenoxy) is 1. The van der Waals surface area contributed by atoms with E-state index in [2.05, 4.69) is 13.0 Å². The van der Waals surface area contributed by atoms with Crippen LogP contribution in [0.3, 0.4) is 0 Å². The first-order valence-corrected chi connectivity index (χ1v) is 12.3. The molecule has 0 fully saturated rings. The molecule has 1 aromatic heterocycles. The summed E-state index contributed by atoms with van der Waals surface area (Å²) >= 11 is 0. The van der Waals surface area contributed by atoms with Crippen molar-refractivity contribution in [3.05, 3.63) is 117 Å². The summed E-state index contributed by atoms with van der Waals surface area (Å²) in [7, 11) is 1.57. The van der Waals surface area contributed by atoms with Gasteiger partial charge in [0.2, 0.25) is 0 Å². The van der Waals surface area contributed by atoms with Crippen LogP contribution in [0, 0.1) is 18.3 Å². The molecule has 0 radical (unpaired) electrons. The van der Waals surface area contributed by atoms with Crippen LogP contribution in [0.25, 0.3) is 11.1 Å². The van der Waals surface area contributed by atoms with Gasteiger partial charge in [-0.2, -0.15) is 5.26 Å². The molecule has 0 saturated carbocycles. The van der Waals surface area contributed by atoms with Crippen molar-refractivity contribution in [1.29, 1.82) is 5.26 Å². The summed E-state index contributed by atoms with van der Waals surface area (Å²) in [6, 6.07) is 24.5. The monoisotopic (exact) mass is 491 g/mol. The number of aryl methyl sites for hydroxylation is 2. The van der Waals surface area contributed by atoms with Crippen LogP contribution < -0.4 is 10.3 Å². The summed E-state index contributed by atoms with van der Waals surface area (Å²) in [5.74, 6) is 1.03. The van der Waals surface area contributed by atoms with E-state index in [0.717, 1.165) is 28.8 Å². The molecule has 0 amide bonds. The molecule has 4 rings (SSSR count). The zero-order valence-corrected chi connectivity index (χ0v) is 21.3. The molecule has 6 heteroatoms. The molecule has 0 unspecified atom stereocenters. The van der Waals surface area contributed by atoms with Gasteiger partial charge in [0.1, 0.15) is 11.6 Å². The Bertz CT molecular complexity index is 1510. The van der Waals surface area contributed by atoms with Crippen LogP contribution in [0.2, 0.25) is 0 Å². The van der Waals surface area contributed by atoms with Gasteiger partial charge >= 0.3 is 0 Å². The van der Waals surface area contributed by atoms with Crippen LogP contribution in [0.5, 0.6) is 5.75 Å². The molecular formula is C31H29N3O3. The Morgan fingerprint density at radius 1 is 1.03 bits per heavy atom. The highest BCUT2D eigenvalue weighted by Crippen LogP contribution is 2.24. The van der Waals surface area contributed by atoms with Crippen LogP contribution in [0.15, 0.2) is 77.6 Å². The number of rotatable bonds is 9. The second-order valence-electron chi connectivity index (χ2n) is 8.91. The normalized spacial score (nSPS) is 10.6. The summed E-state index contributed by atoms with van der Waals surface area (Å²) in [6.07, 6.45) is 1.96. The number of Topliss-reactive ketones (excluding diaryl/α,β-unsaturated/α-hetero) is 1. The van der Waals surface area contributed by atoms with E-state index in [1.165, 1.54) is 4.57 Å². The minimum atomic E-state index is -0.184. The number of nitrogens with zero attached hydrogens (tertiary/aromatic N) is 3. The third-order valence-electron chi connectivity index (χ3n) is 6.43. The lowest BCUT2D eigenvalue weighted by Crippen LogP contribution is -2.32. The highest BCUT2D eigenvalue weighted by Gasteiger charge is 2.18. The van der Waals surface area contributed by atoms with E-state index in [-0.39, 0.29) is 17.9 Å². The molecule has 37 heavy (non-hydrogen) atoms. The largest absolute Gasteiger partial charge is 0.497 e. The number of ketones is 1. The smallest absolute Gasteiger partial charge is 0.257 e. The maximum Gasteiger partial charge on any atom is 0.257 e. The Morgan fingerprint density at radius 2 is 1.73 bits per heavy atom. The number of nitriles is 1. The van der Waals surface area contributed by atoms with Crippen molar-refractivity contribution in [2.75, 3.05) is 7.11 Å². The molecule has 186 valence electrons. The number of benzene rings is 3.